The third kappa shape index (κ3) is 6.21. The number of esters is 1. The molecule has 0 spiro atoms. The fourth-order valence-corrected chi connectivity index (χ4v) is 2.85. The molecular formula is C25H23NO5. The van der Waals surface area contributed by atoms with Gasteiger partial charge in [0.05, 0.1) is 14.2 Å². The molecule has 0 aliphatic heterocycles. The van der Waals surface area contributed by atoms with Gasteiger partial charge in [0, 0.05) is 17.3 Å². The lowest BCUT2D eigenvalue weighted by molar-refractivity contribution is -0.149. The van der Waals surface area contributed by atoms with Crippen LogP contribution in [0, 0.1) is 0 Å². The third-order valence-corrected chi connectivity index (χ3v) is 4.44. The van der Waals surface area contributed by atoms with Crippen LogP contribution in [-0.4, -0.2) is 26.1 Å². The summed E-state index contributed by atoms with van der Waals surface area (Å²) in [6.07, 6.45) is 1.78. The topological polar surface area (TPSA) is 73.9 Å². The van der Waals surface area contributed by atoms with Crippen molar-refractivity contribution in [2.75, 3.05) is 19.5 Å². The number of carbonyl (C=O) groups is 2. The third-order valence-electron chi connectivity index (χ3n) is 4.44. The summed E-state index contributed by atoms with van der Waals surface area (Å²) in [5, 5.41) is 2.77. The lowest BCUT2D eigenvalue weighted by Crippen LogP contribution is -2.25. The van der Waals surface area contributed by atoms with Crippen LogP contribution in [0.4, 0.5) is 5.69 Å². The molecule has 1 atom stereocenters. The Hall–Kier alpha value is -4.06. The molecule has 0 bridgehead atoms. The highest BCUT2D eigenvalue weighted by molar-refractivity contribution is 5.97. The van der Waals surface area contributed by atoms with Gasteiger partial charge in [-0.2, -0.15) is 0 Å². The van der Waals surface area contributed by atoms with Crippen molar-refractivity contribution >= 4 is 23.6 Å². The molecule has 0 aliphatic rings. The Morgan fingerprint density at radius 3 is 2.23 bits per heavy atom. The van der Waals surface area contributed by atoms with E-state index in [-0.39, 0.29) is 0 Å². The minimum atomic E-state index is -1.11. The fraction of sp³-hybridized carbons (Fsp3) is 0.120. The number of benzene rings is 3. The van der Waals surface area contributed by atoms with Gasteiger partial charge in [-0.3, -0.25) is 4.79 Å². The van der Waals surface area contributed by atoms with E-state index in [0.717, 1.165) is 5.56 Å². The molecule has 158 valence electrons. The first-order valence-electron chi connectivity index (χ1n) is 9.61. The van der Waals surface area contributed by atoms with Crippen LogP contribution in [0.15, 0.2) is 84.9 Å². The van der Waals surface area contributed by atoms with Gasteiger partial charge in [-0.1, -0.05) is 42.5 Å². The number of amides is 1. The molecule has 6 nitrogen and oxygen atoms in total. The number of ether oxygens (including phenoxy) is 3. The SMILES string of the molecule is COc1ccc(NC(=O)C(OC(=O)/C=C/c2cccc(OC)c2)c2ccccc2)cc1. The van der Waals surface area contributed by atoms with E-state index < -0.39 is 18.0 Å². The first-order valence-corrected chi connectivity index (χ1v) is 9.61. The summed E-state index contributed by atoms with van der Waals surface area (Å²) in [5.41, 5.74) is 1.90. The summed E-state index contributed by atoms with van der Waals surface area (Å²) in [6.45, 7) is 0. The normalized spacial score (nSPS) is 11.5. The Kier molecular flexibility index (Phi) is 7.43. The zero-order chi connectivity index (χ0) is 22.1. The lowest BCUT2D eigenvalue weighted by Gasteiger charge is -2.17. The van der Waals surface area contributed by atoms with E-state index in [4.69, 9.17) is 14.2 Å². The van der Waals surface area contributed by atoms with Crippen molar-refractivity contribution in [1.82, 2.24) is 0 Å². The zero-order valence-electron chi connectivity index (χ0n) is 17.3. The molecular weight excluding hydrogens is 394 g/mol. The second-order valence-electron chi connectivity index (χ2n) is 6.56. The summed E-state index contributed by atoms with van der Waals surface area (Å²) in [5.74, 6) is 0.254. The summed E-state index contributed by atoms with van der Waals surface area (Å²) < 4.78 is 15.8. The second kappa shape index (κ2) is 10.6. The van der Waals surface area contributed by atoms with Crippen molar-refractivity contribution in [2.45, 2.75) is 6.10 Å². The van der Waals surface area contributed by atoms with Crippen molar-refractivity contribution in [2.24, 2.45) is 0 Å². The van der Waals surface area contributed by atoms with E-state index in [1.807, 2.05) is 24.3 Å². The molecule has 3 aromatic carbocycles. The number of hydrogen-bond donors (Lipinski definition) is 1. The van der Waals surface area contributed by atoms with Crippen LogP contribution >= 0.6 is 0 Å². The van der Waals surface area contributed by atoms with Gasteiger partial charge < -0.3 is 19.5 Å². The van der Waals surface area contributed by atoms with Gasteiger partial charge in [0.2, 0.25) is 6.10 Å². The van der Waals surface area contributed by atoms with Gasteiger partial charge in [0.15, 0.2) is 0 Å². The molecule has 0 aromatic heterocycles. The Labute approximate surface area is 181 Å². The molecule has 31 heavy (non-hydrogen) atoms. The largest absolute Gasteiger partial charge is 0.497 e. The number of anilines is 1. The number of methoxy groups -OCH3 is 2. The highest BCUT2D eigenvalue weighted by Gasteiger charge is 2.24. The zero-order valence-corrected chi connectivity index (χ0v) is 17.3. The molecule has 0 fully saturated rings. The number of nitrogens with one attached hydrogen (secondary N) is 1. The quantitative estimate of drug-likeness (QED) is 0.427. The Morgan fingerprint density at radius 2 is 1.55 bits per heavy atom. The minimum absolute atomic E-state index is 0.459. The molecule has 0 aliphatic carbocycles. The molecule has 6 heteroatoms. The molecule has 1 unspecified atom stereocenters. The summed E-state index contributed by atoms with van der Waals surface area (Å²) in [4.78, 5) is 25.4. The summed E-state index contributed by atoms with van der Waals surface area (Å²) in [7, 11) is 3.14. The number of carbonyl (C=O) groups excluding carboxylic acids is 2. The van der Waals surface area contributed by atoms with E-state index in [0.29, 0.717) is 22.7 Å². The predicted molar refractivity (Wildman–Crippen MR) is 119 cm³/mol. The maximum atomic E-state index is 12.9. The van der Waals surface area contributed by atoms with Crippen LogP contribution in [0.25, 0.3) is 6.08 Å². The summed E-state index contributed by atoms with van der Waals surface area (Å²) >= 11 is 0. The van der Waals surface area contributed by atoms with Gasteiger partial charge in [-0.15, -0.1) is 0 Å². The van der Waals surface area contributed by atoms with Gasteiger partial charge in [0.1, 0.15) is 11.5 Å². The average molecular weight is 417 g/mol. The monoisotopic (exact) mass is 417 g/mol. The van der Waals surface area contributed by atoms with Crippen molar-refractivity contribution in [3.8, 4) is 11.5 Å². The average Bonchev–Trinajstić information content (AvgIpc) is 2.82. The molecule has 3 aromatic rings. The van der Waals surface area contributed by atoms with E-state index >= 15 is 0 Å². The minimum Gasteiger partial charge on any atom is -0.497 e. The van der Waals surface area contributed by atoms with Crippen molar-refractivity contribution in [1.29, 1.82) is 0 Å². The number of rotatable bonds is 8. The fourth-order valence-electron chi connectivity index (χ4n) is 2.85. The maximum absolute atomic E-state index is 12.9. The van der Waals surface area contributed by atoms with Gasteiger partial charge in [-0.05, 0) is 48.0 Å². The Bertz CT molecular complexity index is 1050. The van der Waals surface area contributed by atoms with E-state index in [1.54, 1.807) is 74.9 Å². The first kappa shape index (κ1) is 21.6. The van der Waals surface area contributed by atoms with Gasteiger partial charge in [-0.25, -0.2) is 4.79 Å². The standard InChI is InChI=1S/C25H23NO5/c1-29-21-14-12-20(13-15-21)26-25(28)24(19-8-4-3-5-9-19)31-23(27)16-11-18-7-6-10-22(17-18)30-2/h3-17,24H,1-2H3,(H,26,28)/b16-11+. The molecule has 1 amide bonds. The predicted octanol–water partition coefficient (Wildman–Crippen LogP) is 4.64. The van der Waals surface area contributed by atoms with Crippen LogP contribution in [0.5, 0.6) is 11.5 Å². The lowest BCUT2D eigenvalue weighted by atomic mass is 10.1. The molecule has 0 saturated heterocycles. The Morgan fingerprint density at radius 1 is 0.839 bits per heavy atom. The van der Waals surface area contributed by atoms with Crippen molar-refractivity contribution in [3.05, 3.63) is 96.1 Å². The van der Waals surface area contributed by atoms with Crippen LogP contribution in [0.3, 0.4) is 0 Å². The van der Waals surface area contributed by atoms with Crippen LogP contribution in [-0.2, 0) is 14.3 Å². The highest BCUT2D eigenvalue weighted by Crippen LogP contribution is 2.22. The maximum Gasteiger partial charge on any atom is 0.331 e. The number of hydrogen-bond acceptors (Lipinski definition) is 5. The van der Waals surface area contributed by atoms with Crippen molar-refractivity contribution in [3.63, 3.8) is 0 Å². The smallest absolute Gasteiger partial charge is 0.331 e. The van der Waals surface area contributed by atoms with Crippen LogP contribution < -0.4 is 14.8 Å². The molecule has 3 rings (SSSR count). The van der Waals surface area contributed by atoms with Gasteiger partial charge >= 0.3 is 5.97 Å². The molecule has 0 heterocycles. The van der Waals surface area contributed by atoms with Gasteiger partial charge in [0.25, 0.3) is 5.91 Å². The molecule has 0 radical (unpaired) electrons. The molecule has 0 saturated carbocycles. The highest BCUT2D eigenvalue weighted by atomic mass is 16.5. The van der Waals surface area contributed by atoms with E-state index in [9.17, 15) is 9.59 Å². The van der Waals surface area contributed by atoms with Crippen LogP contribution in [0.2, 0.25) is 0 Å². The second-order valence-corrected chi connectivity index (χ2v) is 6.56. The molecule has 1 N–H and O–H groups in total. The van der Waals surface area contributed by atoms with E-state index in [1.165, 1.54) is 6.08 Å². The van der Waals surface area contributed by atoms with Crippen LogP contribution in [0.1, 0.15) is 17.2 Å². The van der Waals surface area contributed by atoms with Crippen molar-refractivity contribution < 1.29 is 23.8 Å². The van der Waals surface area contributed by atoms with E-state index in [2.05, 4.69) is 5.32 Å². The first-order chi connectivity index (χ1) is 15.1. The summed E-state index contributed by atoms with van der Waals surface area (Å²) in [6, 6.07) is 23.0. The Balaban J connectivity index is 1.74.